The standard InChI is InChI=1S/C7H7ClN4S/c8-6-5(13-4-11-6)3-12-2-1-10-7(12)9/h1-2,4H,3H2,(H2,9,10). The fraction of sp³-hybridized carbons (Fsp3) is 0.143. The molecule has 0 saturated heterocycles. The van der Waals surface area contributed by atoms with E-state index in [0.29, 0.717) is 17.6 Å². The summed E-state index contributed by atoms with van der Waals surface area (Å²) in [5.41, 5.74) is 7.31. The molecule has 0 aliphatic heterocycles. The molecule has 0 atom stereocenters. The maximum atomic E-state index is 5.83. The van der Waals surface area contributed by atoms with Crippen LogP contribution in [-0.2, 0) is 6.54 Å². The molecule has 0 aliphatic rings. The Bertz CT molecular complexity index is 370. The summed E-state index contributed by atoms with van der Waals surface area (Å²) in [6.45, 7) is 0.634. The van der Waals surface area contributed by atoms with Crippen molar-refractivity contribution in [2.75, 3.05) is 5.73 Å². The molecule has 0 amide bonds. The molecule has 0 aromatic carbocycles. The van der Waals surface area contributed by atoms with Crippen LogP contribution in [0.3, 0.4) is 0 Å². The summed E-state index contributed by atoms with van der Waals surface area (Å²) in [6, 6.07) is 0. The number of anilines is 1. The van der Waals surface area contributed by atoms with E-state index < -0.39 is 0 Å². The average Bonchev–Trinajstić information content (AvgIpc) is 2.65. The van der Waals surface area contributed by atoms with Gasteiger partial charge in [0.15, 0.2) is 5.95 Å². The van der Waals surface area contributed by atoms with Crippen molar-refractivity contribution in [3.8, 4) is 0 Å². The van der Waals surface area contributed by atoms with Gasteiger partial charge in [-0.25, -0.2) is 9.97 Å². The molecular formula is C7H7ClN4S. The zero-order valence-electron chi connectivity index (χ0n) is 6.64. The smallest absolute Gasteiger partial charge is 0.200 e. The molecule has 6 heteroatoms. The number of hydrogen-bond acceptors (Lipinski definition) is 4. The monoisotopic (exact) mass is 214 g/mol. The molecule has 2 N–H and O–H groups in total. The second-order valence-corrected chi connectivity index (χ2v) is 3.78. The van der Waals surface area contributed by atoms with Gasteiger partial charge in [0.05, 0.1) is 16.9 Å². The normalized spacial score (nSPS) is 10.5. The molecule has 68 valence electrons. The van der Waals surface area contributed by atoms with Gasteiger partial charge in [-0.1, -0.05) is 11.6 Å². The molecule has 0 radical (unpaired) electrons. The van der Waals surface area contributed by atoms with Crippen molar-refractivity contribution >= 4 is 28.9 Å². The van der Waals surface area contributed by atoms with E-state index in [0.717, 1.165) is 4.88 Å². The van der Waals surface area contributed by atoms with E-state index in [9.17, 15) is 0 Å². The second-order valence-electron chi connectivity index (χ2n) is 2.48. The molecule has 2 aromatic heterocycles. The number of aromatic nitrogens is 3. The molecule has 0 spiro atoms. The van der Waals surface area contributed by atoms with E-state index in [1.54, 1.807) is 11.7 Å². The maximum Gasteiger partial charge on any atom is 0.200 e. The van der Waals surface area contributed by atoms with Gasteiger partial charge in [-0.3, -0.25) is 0 Å². The number of rotatable bonds is 2. The highest BCUT2D eigenvalue weighted by Gasteiger charge is 2.05. The predicted molar refractivity (Wildman–Crippen MR) is 52.9 cm³/mol. The van der Waals surface area contributed by atoms with Gasteiger partial charge in [0.2, 0.25) is 0 Å². The minimum atomic E-state index is 0.490. The molecule has 4 nitrogen and oxygen atoms in total. The molecule has 0 bridgehead atoms. The average molecular weight is 215 g/mol. The maximum absolute atomic E-state index is 5.83. The van der Waals surface area contributed by atoms with Crippen LogP contribution in [0.2, 0.25) is 5.15 Å². The third-order valence-corrected chi connectivity index (χ3v) is 2.91. The van der Waals surface area contributed by atoms with Crippen molar-refractivity contribution in [1.82, 2.24) is 14.5 Å². The van der Waals surface area contributed by atoms with Crippen LogP contribution < -0.4 is 5.73 Å². The van der Waals surface area contributed by atoms with E-state index in [1.807, 2.05) is 10.8 Å². The zero-order valence-corrected chi connectivity index (χ0v) is 8.22. The Morgan fingerprint density at radius 3 is 2.92 bits per heavy atom. The summed E-state index contributed by atoms with van der Waals surface area (Å²) in [7, 11) is 0. The summed E-state index contributed by atoms with van der Waals surface area (Å²) in [5.74, 6) is 0.490. The largest absolute Gasteiger partial charge is 0.369 e. The lowest BCUT2D eigenvalue weighted by Gasteiger charge is -2.01. The summed E-state index contributed by atoms with van der Waals surface area (Å²) >= 11 is 7.34. The number of halogens is 1. The summed E-state index contributed by atoms with van der Waals surface area (Å²) in [6.07, 6.45) is 3.47. The van der Waals surface area contributed by atoms with Crippen molar-refractivity contribution in [3.05, 3.63) is 27.9 Å². The Kier molecular flexibility index (Phi) is 2.20. The lowest BCUT2D eigenvalue weighted by atomic mass is 10.5. The van der Waals surface area contributed by atoms with Crippen LogP contribution in [0.5, 0.6) is 0 Å². The molecule has 0 fully saturated rings. The highest BCUT2D eigenvalue weighted by molar-refractivity contribution is 7.10. The van der Waals surface area contributed by atoms with Crippen LogP contribution in [-0.4, -0.2) is 14.5 Å². The van der Waals surface area contributed by atoms with Gasteiger partial charge in [-0.2, -0.15) is 0 Å². The molecule has 0 aliphatic carbocycles. The Morgan fingerprint density at radius 2 is 2.38 bits per heavy atom. The van der Waals surface area contributed by atoms with E-state index >= 15 is 0 Å². The fourth-order valence-corrected chi connectivity index (χ4v) is 1.94. The van der Waals surface area contributed by atoms with Crippen molar-refractivity contribution in [2.45, 2.75) is 6.54 Å². The van der Waals surface area contributed by atoms with E-state index in [4.69, 9.17) is 17.3 Å². The molecule has 2 aromatic rings. The van der Waals surface area contributed by atoms with Gasteiger partial charge in [-0.15, -0.1) is 11.3 Å². The lowest BCUT2D eigenvalue weighted by molar-refractivity contribution is 0.822. The molecule has 2 rings (SSSR count). The highest BCUT2D eigenvalue weighted by atomic mass is 35.5. The molecular weight excluding hydrogens is 208 g/mol. The fourth-order valence-electron chi connectivity index (χ4n) is 0.988. The number of nitrogens with zero attached hydrogens (tertiary/aromatic N) is 3. The zero-order chi connectivity index (χ0) is 9.26. The van der Waals surface area contributed by atoms with Gasteiger partial charge < -0.3 is 10.3 Å². The minimum Gasteiger partial charge on any atom is -0.369 e. The van der Waals surface area contributed by atoms with E-state index in [2.05, 4.69) is 9.97 Å². The second kappa shape index (κ2) is 3.35. The van der Waals surface area contributed by atoms with Crippen LogP contribution in [0.4, 0.5) is 5.95 Å². The Morgan fingerprint density at radius 1 is 1.54 bits per heavy atom. The third-order valence-electron chi connectivity index (χ3n) is 1.65. The molecule has 2 heterocycles. The summed E-state index contributed by atoms with van der Waals surface area (Å²) < 4.78 is 1.82. The number of nitrogens with two attached hydrogens (primary N) is 1. The van der Waals surface area contributed by atoms with Crippen molar-refractivity contribution in [1.29, 1.82) is 0 Å². The SMILES string of the molecule is Nc1nccn1Cc1scnc1Cl. The first-order chi connectivity index (χ1) is 6.27. The summed E-state index contributed by atoms with van der Waals surface area (Å²) in [4.78, 5) is 8.84. The molecule has 0 unspecified atom stereocenters. The van der Waals surface area contributed by atoms with Crippen LogP contribution in [0.15, 0.2) is 17.9 Å². The van der Waals surface area contributed by atoms with Gasteiger partial charge in [0.1, 0.15) is 5.15 Å². The first kappa shape index (κ1) is 8.52. The quantitative estimate of drug-likeness (QED) is 0.827. The van der Waals surface area contributed by atoms with Gasteiger partial charge in [0, 0.05) is 12.4 Å². The van der Waals surface area contributed by atoms with E-state index in [-0.39, 0.29) is 0 Å². The third kappa shape index (κ3) is 1.66. The Balaban J connectivity index is 2.24. The summed E-state index contributed by atoms with van der Waals surface area (Å²) in [5, 5.41) is 0.540. The van der Waals surface area contributed by atoms with Crippen molar-refractivity contribution in [3.63, 3.8) is 0 Å². The van der Waals surface area contributed by atoms with Gasteiger partial charge in [0.25, 0.3) is 0 Å². The molecule has 13 heavy (non-hydrogen) atoms. The van der Waals surface area contributed by atoms with Crippen LogP contribution >= 0.6 is 22.9 Å². The minimum absolute atomic E-state index is 0.490. The van der Waals surface area contributed by atoms with E-state index in [1.165, 1.54) is 11.3 Å². The van der Waals surface area contributed by atoms with Crippen LogP contribution in [0, 0.1) is 0 Å². The predicted octanol–water partition coefficient (Wildman–Crippen LogP) is 1.62. The Hall–Kier alpha value is -1.07. The number of imidazole rings is 1. The number of thiazole rings is 1. The first-order valence-electron chi connectivity index (χ1n) is 3.62. The molecule has 0 saturated carbocycles. The number of hydrogen-bond donors (Lipinski definition) is 1. The van der Waals surface area contributed by atoms with Gasteiger partial charge >= 0.3 is 0 Å². The number of nitrogen functional groups attached to an aromatic ring is 1. The van der Waals surface area contributed by atoms with Crippen LogP contribution in [0.25, 0.3) is 0 Å². The Labute approximate surface area is 84.0 Å². The van der Waals surface area contributed by atoms with Crippen LogP contribution in [0.1, 0.15) is 4.88 Å². The first-order valence-corrected chi connectivity index (χ1v) is 4.87. The lowest BCUT2D eigenvalue weighted by Crippen LogP contribution is -2.02. The topological polar surface area (TPSA) is 56.7 Å². The highest BCUT2D eigenvalue weighted by Crippen LogP contribution is 2.20. The van der Waals surface area contributed by atoms with Crippen molar-refractivity contribution in [2.24, 2.45) is 0 Å². The van der Waals surface area contributed by atoms with Gasteiger partial charge in [-0.05, 0) is 0 Å². The van der Waals surface area contributed by atoms with Crippen molar-refractivity contribution < 1.29 is 0 Å².